The molecule has 1 aromatic rings. The zero-order valence-corrected chi connectivity index (χ0v) is 14.0. The van der Waals surface area contributed by atoms with Gasteiger partial charge in [-0.3, -0.25) is 0 Å². The van der Waals surface area contributed by atoms with E-state index < -0.39 is 0 Å². The Balaban J connectivity index is 2.75. The van der Waals surface area contributed by atoms with Crippen LogP contribution in [0.2, 0.25) is 5.02 Å². The van der Waals surface area contributed by atoms with Crippen molar-refractivity contribution in [2.75, 3.05) is 6.54 Å². The Bertz CT molecular complexity index is 358. The van der Waals surface area contributed by atoms with E-state index >= 15 is 0 Å². The normalized spacial score (nSPS) is 12.8. The number of rotatable bonds is 10. The van der Waals surface area contributed by atoms with Crippen LogP contribution in [0, 0.1) is 5.92 Å². The number of hydrogen-bond donors (Lipinski definition) is 1. The van der Waals surface area contributed by atoms with Gasteiger partial charge in [-0.2, -0.15) is 0 Å². The molecule has 0 spiro atoms. The molecule has 0 aliphatic carbocycles. The molecular formula is C18H30ClN. The van der Waals surface area contributed by atoms with E-state index in [0.29, 0.717) is 6.04 Å². The second-order valence-electron chi connectivity index (χ2n) is 5.73. The van der Waals surface area contributed by atoms with Gasteiger partial charge < -0.3 is 5.32 Å². The first-order valence-electron chi connectivity index (χ1n) is 8.19. The highest BCUT2D eigenvalue weighted by Gasteiger charge is 2.19. The lowest BCUT2D eigenvalue weighted by Gasteiger charge is -2.28. The smallest absolute Gasteiger partial charge is 0.0408 e. The summed E-state index contributed by atoms with van der Waals surface area (Å²) in [6.07, 6.45) is 7.45. The van der Waals surface area contributed by atoms with Crippen LogP contribution in [0.1, 0.15) is 58.4 Å². The lowest BCUT2D eigenvalue weighted by atomic mass is 9.86. The summed E-state index contributed by atoms with van der Waals surface area (Å²) in [5.41, 5.74) is 1.35. The van der Waals surface area contributed by atoms with Crippen LogP contribution in [0.3, 0.4) is 0 Å². The molecule has 0 saturated heterocycles. The van der Waals surface area contributed by atoms with E-state index in [0.717, 1.165) is 23.9 Å². The molecule has 1 unspecified atom stereocenters. The van der Waals surface area contributed by atoms with Gasteiger partial charge in [0.15, 0.2) is 0 Å². The minimum Gasteiger partial charge on any atom is -0.313 e. The first-order chi connectivity index (χ1) is 9.71. The van der Waals surface area contributed by atoms with Gasteiger partial charge in [0, 0.05) is 11.1 Å². The average molecular weight is 296 g/mol. The number of nitrogens with one attached hydrogen (secondary N) is 1. The van der Waals surface area contributed by atoms with Crippen LogP contribution in [-0.2, 0) is 6.42 Å². The third kappa shape index (κ3) is 6.28. The predicted octanol–water partition coefficient (Wildman–Crippen LogP) is 5.47. The maximum absolute atomic E-state index is 6.11. The molecule has 1 atom stereocenters. The second-order valence-corrected chi connectivity index (χ2v) is 6.17. The van der Waals surface area contributed by atoms with Crippen molar-refractivity contribution in [3.05, 3.63) is 34.9 Å². The molecule has 1 rings (SSSR count). The molecule has 20 heavy (non-hydrogen) atoms. The fourth-order valence-corrected chi connectivity index (χ4v) is 3.15. The van der Waals surface area contributed by atoms with Gasteiger partial charge in [0.1, 0.15) is 0 Å². The van der Waals surface area contributed by atoms with E-state index in [9.17, 15) is 0 Å². The van der Waals surface area contributed by atoms with Crippen molar-refractivity contribution in [2.45, 2.75) is 65.3 Å². The topological polar surface area (TPSA) is 12.0 Å². The van der Waals surface area contributed by atoms with Crippen LogP contribution < -0.4 is 5.32 Å². The summed E-state index contributed by atoms with van der Waals surface area (Å²) in [7, 11) is 0. The van der Waals surface area contributed by atoms with Crippen LogP contribution in [0.4, 0.5) is 0 Å². The molecule has 1 aromatic carbocycles. The lowest BCUT2D eigenvalue weighted by Crippen LogP contribution is -2.38. The quantitative estimate of drug-likeness (QED) is 0.604. The van der Waals surface area contributed by atoms with Gasteiger partial charge in [0.2, 0.25) is 0 Å². The van der Waals surface area contributed by atoms with Crippen LogP contribution in [0.25, 0.3) is 0 Å². The Kier molecular flexibility index (Phi) is 8.97. The van der Waals surface area contributed by atoms with Crippen LogP contribution >= 0.6 is 11.6 Å². The first-order valence-corrected chi connectivity index (χ1v) is 8.56. The summed E-state index contributed by atoms with van der Waals surface area (Å²) in [5.74, 6) is 0.774. The van der Waals surface area contributed by atoms with E-state index in [2.05, 4.69) is 44.3 Å². The van der Waals surface area contributed by atoms with Crippen molar-refractivity contribution in [3.63, 3.8) is 0 Å². The second kappa shape index (κ2) is 10.2. The van der Waals surface area contributed by atoms with E-state index in [4.69, 9.17) is 11.6 Å². The lowest BCUT2D eigenvalue weighted by molar-refractivity contribution is 0.309. The van der Waals surface area contributed by atoms with Crippen LogP contribution in [0.5, 0.6) is 0 Å². The molecule has 0 aliphatic heterocycles. The number of hydrogen-bond acceptors (Lipinski definition) is 1. The van der Waals surface area contributed by atoms with E-state index in [1.54, 1.807) is 0 Å². The molecule has 114 valence electrons. The third-order valence-electron chi connectivity index (χ3n) is 3.89. The average Bonchev–Trinajstić information content (AvgIpc) is 2.43. The van der Waals surface area contributed by atoms with Crippen LogP contribution in [0.15, 0.2) is 24.3 Å². The van der Waals surface area contributed by atoms with E-state index in [-0.39, 0.29) is 0 Å². The molecule has 1 N–H and O–H groups in total. The minimum absolute atomic E-state index is 0.577. The SMILES string of the molecule is CCCNC(Cc1cccc(Cl)c1)C(CCC)CCC. The largest absolute Gasteiger partial charge is 0.313 e. The van der Waals surface area contributed by atoms with Crippen molar-refractivity contribution < 1.29 is 0 Å². The Labute approximate surface area is 130 Å². The molecule has 0 bridgehead atoms. The molecule has 1 nitrogen and oxygen atoms in total. The van der Waals surface area contributed by atoms with Crippen LogP contribution in [-0.4, -0.2) is 12.6 Å². The molecule has 0 heterocycles. The Morgan fingerprint density at radius 3 is 2.30 bits per heavy atom. The summed E-state index contributed by atoms with van der Waals surface area (Å²) >= 11 is 6.11. The highest BCUT2D eigenvalue weighted by atomic mass is 35.5. The van der Waals surface area contributed by atoms with Crippen molar-refractivity contribution in [1.82, 2.24) is 5.32 Å². The summed E-state index contributed by atoms with van der Waals surface area (Å²) in [6.45, 7) is 7.92. The highest BCUT2D eigenvalue weighted by Crippen LogP contribution is 2.22. The zero-order valence-electron chi connectivity index (χ0n) is 13.3. The molecule has 0 saturated carbocycles. The summed E-state index contributed by atoms with van der Waals surface area (Å²) in [6, 6.07) is 8.89. The van der Waals surface area contributed by atoms with Gasteiger partial charge in [-0.05, 0) is 55.8 Å². The predicted molar refractivity (Wildman–Crippen MR) is 90.5 cm³/mol. The first kappa shape index (κ1) is 17.5. The molecule has 2 heteroatoms. The van der Waals surface area contributed by atoms with E-state index in [1.165, 1.54) is 37.7 Å². The maximum atomic E-state index is 6.11. The zero-order chi connectivity index (χ0) is 14.8. The molecular weight excluding hydrogens is 266 g/mol. The summed E-state index contributed by atoms with van der Waals surface area (Å²) in [5, 5.41) is 4.61. The van der Waals surface area contributed by atoms with Crippen molar-refractivity contribution in [2.24, 2.45) is 5.92 Å². The molecule has 0 aliphatic rings. The van der Waals surface area contributed by atoms with Gasteiger partial charge in [0.05, 0.1) is 0 Å². The van der Waals surface area contributed by atoms with Gasteiger partial charge in [0.25, 0.3) is 0 Å². The molecule has 0 amide bonds. The number of benzene rings is 1. The number of halogens is 1. The van der Waals surface area contributed by atoms with Crippen molar-refractivity contribution in [3.8, 4) is 0 Å². The Morgan fingerprint density at radius 2 is 1.75 bits per heavy atom. The summed E-state index contributed by atoms with van der Waals surface area (Å²) in [4.78, 5) is 0. The molecule has 0 aromatic heterocycles. The Morgan fingerprint density at radius 1 is 1.05 bits per heavy atom. The monoisotopic (exact) mass is 295 g/mol. The maximum Gasteiger partial charge on any atom is 0.0408 e. The van der Waals surface area contributed by atoms with Gasteiger partial charge in [-0.1, -0.05) is 57.3 Å². The van der Waals surface area contributed by atoms with Gasteiger partial charge in [-0.25, -0.2) is 0 Å². The van der Waals surface area contributed by atoms with Crippen molar-refractivity contribution >= 4 is 11.6 Å². The fourth-order valence-electron chi connectivity index (χ4n) is 2.94. The Hall–Kier alpha value is -0.530. The van der Waals surface area contributed by atoms with Gasteiger partial charge >= 0.3 is 0 Å². The van der Waals surface area contributed by atoms with Crippen molar-refractivity contribution in [1.29, 1.82) is 0 Å². The van der Waals surface area contributed by atoms with Gasteiger partial charge in [-0.15, -0.1) is 0 Å². The molecule has 0 radical (unpaired) electrons. The summed E-state index contributed by atoms with van der Waals surface area (Å²) < 4.78 is 0. The standard InChI is InChI=1S/C18H30ClN/c1-4-8-16(9-5-2)18(20-12-6-3)14-15-10-7-11-17(19)13-15/h7,10-11,13,16,18,20H,4-6,8-9,12,14H2,1-3H3. The van der Waals surface area contributed by atoms with E-state index in [1.807, 2.05) is 6.07 Å². The molecule has 0 fully saturated rings. The minimum atomic E-state index is 0.577. The third-order valence-corrected chi connectivity index (χ3v) is 4.12. The highest BCUT2D eigenvalue weighted by molar-refractivity contribution is 6.30. The fraction of sp³-hybridized carbons (Fsp3) is 0.667.